The highest BCUT2D eigenvalue weighted by Gasteiger charge is 2.19. The van der Waals surface area contributed by atoms with Gasteiger partial charge in [0.25, 0.3) is 5.91 Å². The van der Waals surface area contributed by atoms with Crippen LogP contribution in [0.4, 0.5) is 5.69 Å². The Balaban J connectivity index is 2.13. The first-order valence-corrected chi connectivity index (χ1v) is 8.15. The minimum atomic E-state index is -0.605. The molecule has 0 radical (unpaired) electrons. The summed E-state index contributed by atoms with van der Waals surface area (Å²) in [5, 5.41) is 3.71. The van der Waals surface area contributed by atoms with Crippen LogP contribution in [0.5, 0.6) is 5.75 Å². The zero-order valence-corrected chi connectivity index (χ0v) is 14.8. The van der Waals surface area contributed by atoms with Crippen LogP contribution >= 0.6 is 23.2 Å². The molecule has 1 atom stereocenters. The monoisotopic (exact) mass is 351 g/mol. The first-order chi connectivity index (χ1) is 10.9. The lowest BCUT2D eigenvalue weighted by molar-refractivity contribution is -0.122. The SMILES string of the molecule is CC[C@@H](Oc1cc(C)cc(C)c1)C(=O)Nc1cc(Cl)ccc1Cl. The van der Waals surface area contributed by atoms with Crippen LogP contribution in [0.15, 0.2) is 36.4 Å². The molecule has 0 saturated carbocycles. The zero-order chi connectivity index (χ0) is 17.0. The van der Waals surface area contributed by atoms with Crippen molar-refractivity contribution in [3.63, 3.8) is 0 Å². The molecule has 1 N–H and O–H groups in total. The summed E-state index contributed by atoms with van der Waals surface area (Å²) in [5.74, 6) is 0.428. The average Bonchev–Trinajstić information content (AvgIpc) is 2.47. The summed E-state index contributed by atoms with van der Waals surface area (Å²) in [4.78, 5) is 12.4. The highest BCUT2D eigenvalue weighted by molar-refractivity contribution is 6.35. The molecule has 2 rings (SSSR count). The Labute approximate surface area is 146 Å². The number of aryl methyl sites for hydroxylation is 2. The molecule has 122 valence electrons. The molecule has 0 saturated heterocycles. The van der Waals surface area contributed by atoms with Crippen molar-refractivity contribution >= 4 is 34.8 Å². The zero-order valence-electron chi connectivity index (χ0n) is 13.3. The van der Waals surface area contributed by atoms with E-state index in [1.54, 1.807) is 18.2 Å². The summed E-state index contributed by atoms with van der Waals surface area (Å²) in [6.07, 6.45) is -0.0666. The van der Waals surface area contributed by atoms with Gasteiger partial charge in [-0.25, -0.2) is 0 Å². The van der Waals surface area contributed by atoms with E-state index < -0.39 is 6.10 Å². The van der Waals surface area contributed by atoms with Crippen molar-refractivity contribution in [1.29, 1.82) is 0 Å². The number of carbonyl (C=O) groups excluding carboxylic acids is 1. The second-order valence-electron chi connectivity index (χ2n) is 5.45. The Hall–Kier alpha value is -1.71. The molecular formula is C18H19Cl2NO2. The number of rotatable bonds is 5. The van der Waals surface area contributed by atoms with Gasteiger partial charge in [-0.15, -0.1) is 0 Å². The molecule has 0 aliphatic rings. The number of hydrogen-bond donors (Lipinski definition) is 1. The van der Waals surface area contributed by atoms with Crippen LogP contribution in [0.1, 0.15) is 24.5 Å². The van der Waals surface area contributed by atoms with Crippen LogP contribution in [0, 0.1) is 13.8 Å². The van der Waals surface area contributed by atoms with Gasteiger partial charge in [0.05, 0.1) is 10.7 Å². The predicted molar refractivity (Wildman–Crippen MR) is 95.7 cm³/mol. The van der Waals surface area contributed by atoms with E-state index in [4.69, 9.17) is 27.9 Å². The van der Waals surface area contributed by atoms with Crippen molar-refractivity contribution in [2.45, 2.75) is 33.3 Å². The molecule has 0 spiro atoms. The Kier molecular flexibility index (Phi) is 5.91. The molecular weight excluding hydrogens is 333 g/mol. The van der Waals surface area contributed by atoms with Gasteiger partial charge in [0.2, 0.25) is 0 Å². The molecule has 0 unspecified atom stereocenters. The molecule has 5 heteroatoms. The molecule has 1 amide bonds. The number of amides is 1. The van der Waals surface area contributed by atoms with Crippen LogP contribution < -0.4 is 10.1 Å². The van der Waals surface area contributed by atoms with E-state index in [0.717, 1.165) is 11.1 Å². The van der Waals surface area contributed by atoms with Gasteiger partial charge in [-0.05, 0) is 61.7 Å². The molecule has 0 heterocycles. The summed E-state index contributed by atoms with van der Waals surface area (Å²) in [7, 11) is 0. The predicted octanol–water partition coefficient (Wildman–Crippen LogP) is 5.41. The van der Waals surface area contributed by atoms with Crippen molar-refractivity contribution in [2.75, 3.05) is 5.32 Å². The lowest BCUT2D eigenvalue weighted by atomic mass is 10.1. The fourth-order valence-electron chi connectivity index (χ4n) is 2.29. The first-order valence-electron chi connectivity index (χ1n) is 7.40. The molecule has 2 aromatic carbocycles. The lowest BCUT2D eigenvalue weighted by Gasteiger charge is -2.18. The van der Waals surface area contributed by atoms with Crippen molar-refractivity contribution in [1.82, 2.24) is 0 Å². The molecule has 3 nitrogen and oxygen atoms in total. The number of carbonyl (C=O) groups is 1. The van der Waals surface area contributed by atoms with Crippen LogP contribution in [-0.2, 0) is 4.79 Å². The Bertz CT molecular complexity index is 696. The van der Waals surface area contributed by atoms with Gasteiger partial charge < -0.3 is 10.1 Å². The highest BCUT2D eigenvalue weighted by Crippen LogP contribution is 2.26. The standard InChI is InChI=1S/C18H19Cl2NO2/c1-4-17(23-14-8-11(2)7-12(3)9-14)18(22)21-16-10-13(19)5-6-15(16)20/h5-10,17H,4H2,1-3H3,(H,21,22)/t17-/m1/s1. The number of benzene rings is 2. The van der Waals surface area contributed by atoms with Crippen LogP contribution in [0.2, 0.25) is 10.0 Å². The van der Waals surface area contributed by atoms with E-state index in [9.17, 15) is 4.79 Å². The maximum atomic E-state index is 12.4. The number of nitrogens with one attached hydrogen (secondary N) is 1. The van der Waals surface area contributed by atoms with Crippen LogP contribution in [-0.4, -0.2) is 12.0 Å². The largest absolute Gasteiger partial charge is 0.481 e. The smallest absolute Gasteiger partial charge is 0.265 e. The summed E-state index contributed by atoms with van der Waals surface area (Å²) in [5.41, 5.74) is 2.66. The Morgan fingerprint density at radius 1 is 1.13 bits per heavy atom. The first kappa shape index (κ1) is 17.6. The van der Waals surface area contributed by atoms with Crippen molar-refractivity contribution in [2.24, 2.45) is 0 Å². The highest BCUT2D eigenvalue weighted by atomic mass is 35.5. The second-order valence-corrected chi connectivity index (χ2v) is 6.30. The third kappa shape index (κ3) is 4.88. The number of halogens is 2. The minimum Gasteiger partial charge on any atom is -0.481 e. The van der Waals surface area contributed by atoms with Crippen molar-refractivity contribution in [3.05, 3.63) is 57.6 Å². The van der Waals surface area contributed by atoms with Crippen molar-refractivity contribution in [3.8, 4) is 5.75 Å². The van der Waals surface area contributed by atoms with E-state index in [1.165, 1.54) is 0 Å². The van der Waals surface area contributed by atoms with Crippen LogP contribution in [0.3, 0.4) is 0 Å². The Morgan fingerprint density at radius 2 is 1.78 bits per heavy atom. The summed E-state index contributed by atoms with van der Waals surface area (Å²) in [6.45, 7) is 5.88. The average molecular weight is 352 g/mol. The van der Waals surface area contributed by atoms with E-state index in [-0.39, 0.29) is 5.91 Å². The third-order valence-electron chi connectivity index (χ3n) is 3.32. The van der Waals surface area contributed by atoms with Gasteiger partial charge in [-0.3, -0.25) is 4.79 Å². The van der Waals surface area contributed by atoms with E-state index in [1.807, 2.05) is 32.9 Å². The molecule has 2 aromatic rings. The minimum absolute atomic E-state index is 0.254. The number of ether oxygens (including phenoxy) is 1. The summed E-state index contributed by atoms with van der Waals surface area (Å²) >= 11 is 12.0. The summed E-state index contributed by atoms with van der Waals surface area (Å²) in [6, 6.07) is 10.8. The van der Waals surface area contributed by atoms with Gasteiger partial charge in [0.15, 0.2) is 6.10 Å². The Morgan fingerprint density at radius 3 is 2.39 bits per heavy atom. The maximum Gasteiger partial charge on any atom is 0.265 e. The molecule has 0 aliphatic heterocycles. The molecule has 23 heavy (non-hydrogen) atoms. The number of anilines is 1. The summed E-state index contributed by atoms with van der Waals surface area (Å²) < 4.78 is 5.84. The van der Waals surface area contributed by atoms with Crippen molar-refractivity contribution < 1.29 is 9.53 Å². The molecule has 0 bridgehead atoms. The molecule has 0 aromatic heterocycles. The van der Waals surface area contributed by atoms with Gasteiger partial charge >= 0.3 is 0 Å². The fourth-order valence-corrected chi connectivity index (χ4v) is 2.63. The lowest BCUT2D eigenvalue weighted by Crippen LogP contribution is -2.32. The van der Waals surface area contributed by atoms with E-state index >= 15 is 0 Å². The van der Waals surface area contributed by atoms with E-state index in [0.29, 0.717) is 27.9 Å². The van der Waals surface area contributed by atoms with Gasteiger partial charge in [-0.2, -0.15) is 0 Å². The quantitative estimate of drug-likeness (QED) is 0.782. The molecule has 0 aliphatic carbocycles. The second kappa shape index (κ2) is 7.71. The number of hydrogen-bond acceptors (Lipinski definition) is 2. The normalized spacial score (nSPS) is 11.9. The van der Waals surface area contributed by atoms with Gasteiger partial charge in [0.1, 0.15) is 5.75 Å². The van der Waals surface area contributed by atoms with E-state index in [2.05, 4.69) is 11.4 Å². The molecule has 0 fully saturated rings. The van der Waals surface area contributed by atoms with Crippen LogP contribution in [0.25, 0.3) is 0 Å². The van der Waals surface area contributed by atoms with Gasteiger partial charge in [-0.1, -0.05) is 36.2 Å². The fraction of sp³-hybridized carbons (Fsp3) is 0.278. The van der Waals surface area contributed by atoms with Gasteiger partial charge in [0, 0.05) is 5.02 Å². The topological polar surface area (TPSA) is 38.3 Å². The third-order valence-corrected chi connectivity index (χ3v) is 3.89. The maximum absolute atomic E-state index is 12.4.